The highest BCUT2D eigenvalue weighted by atomic mass is 32.2. The van der Waals surface area contributed by atoms with Crippen LogP contribution in [0.5, 0.6) is 11.5 Å². The second-order valence-electron chi connectivity index (χ2n) is 8.84. The third-order valence-electron chi connectivity index (χ3n) is 6.50. The van der Waals surface area contributed by atoms with Crippen LogP contribution in [-0.4, -0.2) is 54.9 Å². The molecule has 0 aromatic heterocycles. The van der Waals surface area contributed by atoms with Crippen LogP contribution in [0, 0.1) is 5.92 Å². The largest absolute Gasteiger partial charge is 0.454 e. The molecule has 2 amide bonds. The molecule has 1 N–H and O–H groups in total. The molecule has 3 aliphatic heterocycles. The first kappa shape index (κ1) is 22.1. The molecule has 0 spiro atoms. The van der Waals surface area contributed by atoms with Crippen LogP contribution < -0.4 is 19.7 Å². The van der Waals surface area contributed by atoms with E-state index in [1.165, 1.54) is 4.90 Å². The Labute approximate surface area is 198 Å². The minimum atomic E-state index is -0.0575. The Morgan fingerprint density at radius 2 is 1.82 bits per heavy atom. The van der Waals surface area contributed by atoms with E-state index in [1.807, 2.05) is 47.0 Å². The maximum absolute atomic E-state index is 13.2. The lowest BCUT2D eigenvalue weighted by molar-refractivity contribution is -0.122. The van der Waals surface area contributed by atoms with Crippen LogP contribution in [-0.2, 0) is 9.59 Å². The second-order valence-corrected chi connectivity index (χ2v) is 10.3. The third-order valence-corrected chi connectivity index (χ3v) is 7.74. The summed E-state index contributed by atoms with van der Waals surface area (Å²) in [6.45, 7) is 5.05. The number of carbonyl (C=O) groups is 2. The summed E-state index contributed by atoms with van der Waals surface area (Å²) in [5.41, 5.74) is 1.74. The SMILES string of the molecule is C[C@@H]1CCN(C(=O)CN2CCC(C(=O)Nc3ccc4c(c3)OCO4)CC2)c2ccccc2S1. The second kappa shape index (κ2) is 9.65. The smallest absolute Gasteiger partial charge is 0.241 e. The van der Waals surface area contributed by atoms with Crippen molar-refractivity contribution in [2.75, 3.05) is 43.2 Å². The predicted molar refractivity (Wildman–Crippen MR) is 129 cm³/mol. The molecule has 1 saturated heterocycles. The van der Waals surface area contributed by atoms with Crippen LogP contribution in [0.4, 0.5) is 11.4 Å². The first-order chi connectivity index (χ1) is 16.1. The highest BCUT2D eigenvalue weighted by Gasteiger charge is 2.29. The summed E-state index contributed by atoms with van der Waals surface area (Å²) in [7, 11) is 0. The molecule has 5 rings (SSSR count). The number of carbonyl (C=O) groups excluding carboxylic acids is 2. The Balaban J connectivity index is 1.15. The molecule has 1 atom stereocenters. The molecule has 2 aromatic rings. The van der Waals surface area contributed by atoms with Gasteiger partial charge in [-0.3, -0.25) is 14.5 Å². The number of para-hydroxylation sites is 1. The molecule has 3 heterocycles. The quantitative estimate of drug-likeness (QED) is 0.733. The molecule has 1 fully saturated rings. The van der Waals surface area contributed by atoms with Gasteiger partial charge in [-0.2, -0.15) is 0 Å². The van der Waals surface area contributed by atoms with Gasteiger partial charge in [-0.25, -0.2) is 0 Å². The van der Waals surface area contributed by atoms with Gasteiger partial charge in [0.25, 0.3) is 0 Å². The number of amides is 2. The van der Waals surface area contributed by atoms with Crippen molar-refractivity contribution >= 4 is 35.0 Å². The van der Waals surface area contributed by atoms with Crippen molar-refractivity contribution in [1.29, 1.82) is 0 Å². The van der Waals surface area contributed by atoms with Gasteiger partial charge in [0.05, 0.1) is 12.2 Å². The van der Waals surface area contributed by atoms with E-state index < -0.39 is 0 Å². The fourth-order valence-corrected chi connectivity index (χ4v) is 5.71. The monoisotopic (exact) mass is 467 g/mol. The van der Waals surface area contributed by atoms with Gasteiger partial charge in [0.15, 0.2) is 11.5 Å². The van der Waals surface area contributed by atoms with Gasteiger partial charge in [-0.1, -0.05) is 19.1 Å². The Hall–Kier alpha value is -2.71. The topological polar surface area (TPSA) is 71.1 Å². The molecule has 0 bridgehead atoms. The predicted octanol–water partition coefficient (Wildman–Crippen LogP) is 3.98. The van der Waals surface area contributed by atoms with Crippen molar-refractivity contribution in [3.8, 4) is 11.5 Å². The van der Waals surface area contributed by atoms with Crippen LogP contribution in [0.2, 0.25) is 0 Å². The van der Waals surface area contributed by atoms with Crippen molar-refractivity contribution in [2.24, 2.45) is 5.92 Å². The van der Waals surface area contributed by atoms with Gasteiger partial charge in [-0.15, -0.1) is 11.8 Å². The van der Waals surface area contributed by atoms with Crippen molar-refractivity contribution in [1.82, 2.24) is 4.90 Å². The molecule has 33 heavy (non-hydrogen) atoms. The first-order valence-electron chi connectivity index (χ1n) is 11.6. The Morgan fingerprint density at radius 3 is 2.67 bits per heavy atom. The molecule has 3 aliphatic rings. The van der Waals surface area contributed by atoms with Crippen LogP contribution in [0.25, 0.3) is 0 Å². The number of thioether (sulfide) groups is 1. The number of benzene rings is 2. The van der Waals surface area contributed by atoms with E-state index in [0.29, 0.717) is 29.0 Å². The zero-order valence-electron chi connectivity index (χ0n) is 18.8. The first-order valence-corrected chi connectivity index (χ1v) is 12.4. The number of rotatable bonds is 4. The number of hydrogen-bond donors (Lipinski definition) is 1. The van der Waals surface area contributed by atoms with Crippen molar-refractivity contribution in [2.45, 2.75) is 36.3 Å². The van der Waals surface area contributed by atoms with E-state index in [4.69, 9.17) is 9.47 Å². The minimum Gasteiger partial charge on any atom is -0.454 e. The highest BCUT2D eigenvalue weighted by Crippen LogP contribution is 2.37. The van der Waals surface area contributed by atoms with E-state index >= 15 is 0 Å². The zero-order valence-corrected chi connectivity index (χ0v) is 19.6. The summed E-state index contributed by atoms with van der Waals surface area (Å²) in [6.07, 6.45) is 2.47. The van der Waals surface area contributed by atoms with Gasteiger partial charge in [-0.05, 0) is 56.6 Å². The fraction of sp³-hybridized carbons (Fsp3) is 0.440. The Morgan fingerprint density at radius 1 is 1.03 bits per heavy atom. The van der Waals surface area contributed by atoms with Crippen LogP contribution >= 0.6 is 11.8 Å². The Kier molecular flexibility index (Phi) is 6.46. The zero-order chi connectivity index (χ0) is 22.8. The highest BCUT2D eigenvalue weighted by molar-refractivity contribution is 8.00. The van der Waals surface area contributed by atoms with Crippen molar-refractivity contribution in [3.05, 3.63) is 42.5 Å². The van der Waals surface area contributed by atoms with Gasteiger partial charge in [0.1, 0.15) is 0 Å². The van der Waals surface area contributed by atoms with Gasteiger partial charge in [0, 0.05) is 34.4 Å². The molecule has 174 valence electrons. The van der Waals surface area contributed by atoms with E-state index in [0.717, 1.165) is 44.6 Å². The maximum atomic E-state index is 13.2. The van der Waals surface area contributed by atoms with Crippen LogP contribution in [0.1, 0.15) is 26.2 Å². The van der Waals surface area contributed by atoms with E-state index in [2.05, 4.69) is 23.2 Å². The number of piperidine rings is 1. The van der Waals surface area contributed by atoms with Gasteiger partial charge in [0.2, 0.25) is 18.6 Å². The molecule has 2 aromatic carbocycles. The van der Waals surface area contributed by atoms with Gasteiger partial charge < -0.3 is 19.7 Å². The van der Waals surface area contributed by atoms with Crippen LogP contribution in [0.3, 0.4) is 0 Å². The molecule has 0 radical (unpaired) electrons. The average Bonchev–Trinajstić information content (AvgIpc) is 3.21. The lowest BCUT2D eigenvalue weighted by atomic mass is 9.95. The van der Waals surface area contributed by atoms with Crippen molar-refractivity contribution < 1.29 is 19.1 Å². The normalized spacial score (nSPS) is 20.8. The number of nitrogens with one attached hydrogen (secondary N) is 1. The number of fused-ring (bicyclic) bond motifs is 2. The molecule has 0 aliphatic carbocycles. The Bertz CT molecular complexity index is 1040. The summed E-state index contributed by atoms with van der Waals surface area (Å²) < 4.78 is 10.7. The molecule has 8 heteroatoms. The molecule has 0 unspecified atom stereocenters. The number of hydrogen-bond acceptors (Lipinski definition) is 6. The summed E-state index contributed by atoms with van der Waals surface area (Å²) in [4.78, 5) is 31.3. The van der Waals surface area contributed by atoms with Crippen LogP contribution in [0.15, 0.2) is 47.4 Å². The standard InChI is InChI=1S/C25H29N3O4S/c1-17-8-13-28(20-4-2-3-5-23(20)33-17)24(29)15-27-11-9-18(10-12-27)25(30)26-19-6-7-21-22(14-19)32-16-31-21/h2-7,14,17-18H,8-13,15-16H2,1H3,(H,26,30)/t17-/m1/s1. The average molecular weight is 468 g/mol. The number of ether oxygens (including phenoxy) is 2. The molecule has 0 saturated carbocycles. The van der Waals surface area contributed by atoms with E-state index in [9.17, 15) is 9.59 Å². The summed E-state index contributed by atoms with van der Waals surface area (Å²) in [5, 5.41) is 3.49. The van der Waals surface area contributed by atoms with Crippen molar-refractivity contribution in [3.63, 3.8) is 0 Å². The third kappa shape index (κ3) is 4.96. The molecular formula is C25H29N3O4S. The van der Waals surface area contributed by atoms with Gasteiger partial charge >= 0.3 is 0 Å². The lowest BCUT2D eigenvalue weighted by Crippen LogP contribution is -2.45. The lowest BCUT2D eigenvalue weighted by Gasteiger charge is -2.32. The minimum absolute atomic E-state index is 0.0206. The molecular weight excluding hydrogens is 438 g/mol. The summed E-state index contributed by atoms with van der Waals surface area (Å²) in [6, 6.07) is 13.6. The number of nitrogens with zero attached hydrogens (tertiary/aromatic N) is 2. The summed E-state index contributed by atoms with van der Waals surface area (Å²) in [5.74, 6) is 1.46. The number of likely N-dealkylation sites (tertiary alicyclic amines) is 1. The van der Waals surface area contributed by atoms with E-state index in [1.54, 1.807) is 6.07 Å². The summed E-state index contributed by atoms with van der Waals surface area (Å²) >= 11 is 1.84. The number of anilines is 2. The van der Waals surface area contributed by atoms with E-state index in [-0.39, 0.29) is 24.5 Å². The molecule has 7 nitrogen and oxygen atoms in total. The maximum Gasteiger partial charge on any atom is 0.241 e. The fourth-order valence-electron chi connectivity index (χ4n) is 4.59.